The minimum Gasteiger partial charge on any atom is -0.326 e. The molecule has 2 aromatic rings. The molecule has 0 saturated carbocycles. The lowest BCUT2D eigenvalue weighted by atomic mass is 10.1. The molecule has 2 rings (SSSR count). The zero-order valence-corrected chi connectivity index (χ0v) is 11.8. The van der Waals surface area contributed by atoms with Gasteiger partial charge in [0.05, 0.1) is 11.4 Å². The van der Waals surface area contributed by atoms with E-state index in [1.807, 2.05) is 0 Å². The Bertz CT molecular complexity index is 711. The highest BCUT2D eigenvalue weighted by Gasteiger charge is 2.13. The van der Waals surface area contributed by atoms with Gasteiger partial charge in [0.1, 0.15) is 11.6 Å². The number of halogens is 2. The van der Waals surface area contributed by atoms with Gasteiger partial charge in [-0.25, -0.2) is 17.2 Å². The Hall–Kier alpha value is -1.99. The second-order valence-corrected chi connectivity index (χ2v) is 6.26. The van der Waals surface area contributed by atoms with E-state index in [2.05, 4.69) is 4.72 Å². The Morgan fingerprint density at radius 2 is 1.48 bits per heavy atom. The van der Waals surface area contributed by atoms with Crippen LogP contribution in [-0.4, -0.2) is 8.42 Å². The summed E-state index contributed by atoms with van der Waals surface area (Å²) in [4.78, 5) is 0. The topological polar surface area (TPSA) is 72.2 Å². The van der Waals surface area contributed by atoms with E-state index in [1.165, 1.54) is 0 Å². The standard InChI is InChI=1S/C14H14F2N2O2S/c15-12-5-13(16)7-14(6-12)18-21(19,20)9-11-3-1-10(8-17)2-4-11/h1-7,18H,8-9,17H2. The largest absolute Gasteiger partial charge is 0.326 e. The highest BCUT2D eigenvalue weighted by atomic mass is 32.2. The number of rotatable bonds is 5. The predicted molar refractivity (Wildman–Crippen MR) is 76.9 cm³/mol. The maximum absolute atomic E-state index is 13.0. The van der Waals surface area contributed by atoms with Crippen molar-refractivity contribution in [2.24, 2.45) is 5.73 Å². The molecule has 2 aromatic carbocycles. The van der Waals surface area contributed by atoms with Crippen molar-refractivity contribution in [3.63, 3.8) is 0 Å². The number of nitrogens with one attached hydrogen (secondary N) is 1. The summed E-state index contributed by atoms with van der Waals surface area (Å²) in [6.45, 7) is 0.369. The van der Waals surface area contributed by atoms with Gasteiger partial charge < -0.3 is 5.73 Å². The molecular formula is C14H14F2N2O2S. The number of hydrogen-bond acceptors (Lipinski definition) is 3. The van der Waals surface area contributed by atoms with Gasteiger partial charge in [0.15, 0.2) is 0 Å². The van der Waals surface area contributed by atoms with Crippen LogP contribution in [0.2, 0.25) is 0 Å². The third-order valence-corrected chi connectivity index (χ3v) is 4.01. The van der Waals surface area contributed by atoms with Gasteiger partial charge in [0, 0.05) is 12.6 Å². The molecule has 0 aromatic heterocycles. The van der Waals surface area contributed by atoms with Crippen molar-refractivity contribution in [1.82, 2.24) is 0 Å². The van der Waals surface area contributed by atoms with Crippen LogP contribution in [0.15, 0.2) is 42.5 Å². The van der Waals surface area contributed by atoms with Crippen molar-refractivity contribution in [2.45, 2.75) is 12.3 Å². The van der Waals surface area contributed by atoms with Crippen LogP contribution in [-0.2, 0) is 22.3 Å². The molecule has 0 aliphatic heterocycles. The number of benzene rings is 2. The first kappa shape index (κ1) is 15.4. The van der Waals surface area contributed by atoms with Crippen molar-refractivity contribution in [3.05, 3.63) is 65.2 Å². The van der Waals surface area contributed by atoms with Gasteiger partial charge in [-0.2, -0.15) is 0 Å². The molecule has 0 unspecified atom stereocenters. The van der Waals surface area contributed by atoms with Crippen molar-refractivity contribution in [1.29, 1.82) is 0 Å². The zero-order valence-electron chi connectivity index (χ0n) is 11.0. The van der Waals surface area contributed by atoms with E-state index < -0.39 is 21.7 Å². The first-order valence-electron chi connectivity index (χ1n) is 6.12. The SMILES string of the molecule is NCc1ccc(CS(=O)(=O)Nc2cc(F)cc(F)c2)cc1. The highest BCUT2D eigenvalue weighted by molar-refractivity contribution is 7.91. The van der Waals surface area contributed by atoms with E-state index in [4.69, 9.17) is 5.73 Å². The third kappa shape index (κ3) is 4.51. The summed E-state index contributed by atoms with van der Waals surface area (Å²) in [6.07, 6.45) is 0. The maximum Gasteiger partial charge on any atom is 0.236 e. The molecular weight excluding hydrogens is 298 g/mol. The summed E-state index contributed by atoms with van der Waals surface area (Å²) >= 11 is 0. The fourth-order valence-electron chi connectivity index (χ4n) is 1.82. The Kier molecular flexibility index (Phi) is 4.54. The lowest BCUT2D eigenvalue weighted by Crippen LogP contribution is -2.15. The van der Waals surface area contributed by atoms with Crippen LogP contribution in [0.25, 0.3) is 0 Å². The Labute approximate surface area is 121 Å². The van der Waals surface area contributed by atoms with E-state index in [1.54, 1.807) is 24.3 Å². The van der Waals surface area contributed by atoms with Gasteiger partial charge in [-0.3, -0.25) is 4.72 Å². The molecule has 0 bridgehead atoms. The first-order chi connectivity index (χ1) is 9.88. The summed E-state index contributed by atoms with van der Waals surface area (Å²) in [5.41, 5.74) is 6.75. The minimum absolute atomic E-state index is 0.147. The number of sulfonamides is 1. The number of hydrogen-bond donors (Lipinski definition) is 2. The Morgan fingerprint density at radius 3 is 2.00 bits per heavy atom. The molecule has 0 radical (unpaired) electrons. The molecule has 7 heteroatoms. The molecule has 0 aliphatic carbocycles. The summed E-state index contributed by atoms with van der Waals surface area (Å²) in [5.74, 6) is -1.99. The van der Waals surface area contributed by atoms with E-state index in [0.717, 1.165) is 17.7 Å². The van der Waals surface area contributed by atoms with Crippen LogP contribution in [0, 0.1) is 11.6 Å². The predicted octanol–water partition coefficient (Wildman–Crippen LogP) is 2.37. The summed E-state index contributed by atoms with van der Waals surface area (Å²) < 4.78 is 52.1. The normalized spacial score (nSPS) is 11.4. The van der Waals surface area contributed by atoms with Gasteiger partial charge in [-0.15, -0.1) is 0 Å². The highest BCUT2D eigenvalue weighted by Crippen LogP contribution is 2.16. The first-order valence-corrected chi connectivity index (χ1v) is 7.78. The Morgan fingerprint density at radius 1 is 0.952 bits per heavy atom. The molecule has 0 fully saturated rings. The lowest BCUT2D eigenvalue weighted by Gasteiger charge is -2.09. The quantitative estimate of drug-likeness (QED) is 0.890. The fraction of sp³-hybridized carbons (Fsp3) is 0.143. The third-order valence-electron chi connectivity index (χ3n) is 2.75. The molecule has 0 atom stereocenters. The molecule has 0 spiro atoms. The average molecular weight is 312 g/mol. The van der Waals surface area contributed by atoms with Crippen LogP contribution >= 0.6 is 0 Å². The second-order valence-electron chi connectivity index (χ2n) is 4.54. The summed E-state index contributed by atoms with van der Waals surface area (Å²) in [5, 5.41) is 0. The van der Waals surface area contributed by atoms with Gasteiger partial charge in [0.25, 0.3) is 0 Å². The van der Waals surface area contributed by atoms with Gasteiger partial charge in [-0.05, 0) is 23.3 Å². The van der Waals surface area contributed by atoms with E-state index >= 15 is 0 Å². The van der Waals surface area contributed by atoms with E-state index in [9.17, 15) is 17.2 Å². The summed E-state index contributed by atoms with van der Waals surface area (Å²) in [6, 6.07) is 9.25. The monoisotopic (exact) mass is 312 g/mol. The second kappa shape index (κ2) is 6.19. The van der Waals surface area contributed by atoms with Crippen LogP contribution < -0.4 is 10.5 Å². The molecule has 0 heterocycles. The van der Waals surface area contributed by atoms with Crippen molar-refractivity contribution >= 4 is 15.7 Å². The average Bonchev–Trinajstić information content (AvgIpc) is 2.37. The van der Waals surface area contributed by atoms with E-state index in [-0.39, 0.29) is 11.4 Å². The van der Waals surface area contributed by atoms with Crippen LogP contribution in [0.5, 0.6) is 0 Å². The van der Waals surface area contributed by atoms with Crippen LogP contribution in [0.3, 0.4) is 0 Å². The van der Waals surface area contributed by atoms with Crippen LogP contribution in [0.4, 0.5) is 14.5 Å². The molecule has 0 saturated heterocycles. The molecule has 0 amide bonds. The van der Waals surface area contributed by atoms with Crippen molar-refractivity contribution in [2.75, 3.05) is 4.72 Å². The van der Waals surface area contributed by atoms with Gasteiger partial charge >= 0.3 is 0 Å². The number of anilines is 1. The van der Waals surface area contributed by atoms with Crippen LogP contribution in [0.1, 0.15) is 11.1 Å². The fourth-order valence-corrected chi connectivity index (χ4v) is 3.00. The zero-order chi connectivity index (χ0) is 15.5. The molecule has 0 aliphatic rings. The molecule has 21 heavy (non-hydrogen) atoms. The molecule has 3 N–H and O–H groups in total. The minimum atomic E-state index is -3.76. The van der Waals surface area contributed by atoms with Crippen molar-refractivity contribution < 1.29 is 17.2 Å². The Balaban J connectivity index is 2.14. The molecule has 4 nitrogen and oxygen atoms in total. The smallest absolute Gasteiger partial charge is 0.236 e. The summed E-state index contributed by atoms with van der Waals surface area (Å²) in [7, 11) is -3.76. The van der Waals surface area contributed by atoms with Gasteiger partial charge in [0.2, 0.25) is 10.0 Å². The molecule has 112 valence electrons. The lowest BCUT2D eigenvalue weighted by molar-refractivity contribution is 0.584. The van der Waals surface area contributed by atoms with Gasteiger partial charge in [-0.1, -0.05) is 24.3 Å². The van der Waals surface area contributed by atoms with E-state index in [0.29, 0.717) is 18.2 Å². The van der Waals surface area contributed by atoms with Crippen molar-refractivity contribution in [3.8, 4) is 0 Å². The number of nitrogens with two attached hydrogens (primary N) is 1. The maximum atomic E-state index is 13.0.